The molecule has 1 aromatic carbocycles. The van der Waals surface area contributed by atoms with Crippen molar-refractivity contribution in [3.05, 3.63) is 28.8 Å². The van der Waals surface area contributed by atoms with Crippen molar-refractivity contribution < 1.29 is 4.79 Å². The average molecular weight is 291 g/mol. The van der Waals surface area contributed by atoms with Gasteiger partial charge in [0, 0.05) is 18.8 Å². The van der Waals surface area contributed by atoms with E-state index >= 15 is 0 Å². The van der Waals surface area contributed by atoms with Crippen LogP contribution in [0.5, 0.6) is 0 Å². The monoisotopic (exact) mass is 290 g/mol. The second kappa shape index (κ2) is 7.49. The van der Waals surface area contributed by atoms with Crippen molar-refractivity contribution in [1.82, 2.24) is 4.90 Å². The van der Waals surface area contributed by atoms with Gasteiger partial charge in [-0.25, -0.2) is 0 Å². The summed E-state index contributed by atoms with van der Waals surface area (Å²) in [5, 5.41) is 0.414. The van der Waals surface area contributed by atoms with Gasteiger partial charge < -0.3 is 10.6 Å². The molecule has 0 heterocycles. The predicted molar refractivity (Wildman–Crippen MR) is 79.5 cm³/mol. The minimum absolute atomic E-state index is 0. The highest BCUT2D eigenvalue weighted by Gasteiger charge is 2.17. The van der Waals surface area contributed by atoms with Crippen molar-refractivity contribution in [2.75, 3.05) is 18.8 Å². The fourth-order valence-corrected chi connectivity index (χ4v) is 1.94. The molecule has 0 atom stereocenters. The second-order valence-electron chi connectivity index (χ2n) is 4.48. The van der Waals surface area contributed by atoms with Crippen LogP contribution in [0.15, 0.2) is 18.2 Å². The van der Waals surface area contributed by atoms with Gasteiger partial charge in [0.25, 0.3) is 5.91 Å². The van der Waals surface area contributed by atoms with Crippen LogP contribution in [0.2, 0.25) is 5.02 Å². The predicted octanol–water partition coefficient (Wildman–Crippen LogP) is 3.46. The van der Waals surface area contributed by atoms with Gasteiger partial charge >= 0.3 is 0 Å². The van der Waals surface area contributed by atoms with Crippen LogP contribution in [0.3, 0.4) is 0 Å². The first-order chi connectivity index (χ1) is 7.95. The van der Waals surface area contributed by atoms with Crippen LogP contribution in [0.4, 0.5) is 5.69 Å². The highest BCUT2D eigenvalue weighted by atomic mass is 35.5. The van der Waals surface area contributed by atoms with Gasteiger partial charge in [0.15, 0.2) is 0 Å². The fraction of sp³-hybridized carbons (Fsp3) is 0.462. The van der Waals surface area contributed by atoms with E-state index in [1.807, 2.05) is 6.92 Å². The normalized spacial score (nSPS) is 10.1. The number of carbonyl (C=O) groups excluding carboxylic acids is 1. The Bertz CT molecular complexity index is 408. The number of nitrogens with zero attached hydrogens (tertiary/aromatic N) is 1. The van der Waals surface area contributed by atoms with Gasteiger partial charge in [-0.15, -0.1) is 12.4 Å². The Labute approximate surface area is 120 Å². The third-order valence-electron chi connectivity index (χ3n) is 2.48. The summed E-state index contributed by atoms with van der Waals surface area (Å²) in [6, 6.07) is 4.99. The number of hydrogen-bond donors (Lipinski definition) is 1. The van der Waals surface area contributed by atoms with Gasteiger partial charge in [-0.05, 0) is 31.0 Å². The minimum Gasteiger partial charge on any atom is -0.399 e. The molecule has 0 radical (unpaired) electrons. The Kier molecular flexibility index (Phi) is 7.11. The largest absolute Gasteiger partial charge is 0.399 e. The molecule has 0 fully saturated rings. The summed E-state index contributed by atoms with van der Waals surface area (Å²) in [6.07, 6.45) is 0. The molecule has 3 nitrogen and oxygen atoms in total. The molecule has 0 aliphatic heterocycles. The fourth-order valence-electron chi connectivity index (χ4n) is 1.67. The molecule has 0 aliphatic rings. The lowest BCUT2D eigenvalue weighted by molar-refractivity contribution is 0.0746. The number of amides is 1. The van der Waals surface area contributed by atoms with Crippen LogP contribution in [0.1, 0.15) is 31.1 Å². The molecule has 0 spiro atoms. The topological polar surface area (TPSA) is 46.3 Å². The number of benzene rings is 1. The number of nitrogen functional groups attached to an aromatic ring is 1. The van der Waals surface area contributed by atoms with E-state index in [4.69, 9.17) is 17.3 Å². The molecule has 1 rings (SSSR count). The SMILES string of the molecule is CCN(CC(C)C)C(=O)c1ccc(N)cc1Cl.Cl. The molecule has 0 saturated carbocycles. The van der Waals surface area contributed by atoms with E-state index in [0.29, 0.717) is 28.7 Å². The zero-order valence-electron chi connectivity index (χ0n) is 10.9. The number of nitrogens with two attached hydrogens (primary N) is 1. The second-order valence-corrected chi connectivity index (χ2v) is 4.88. The quantitative estimate of drug-likeness (QED) is 0.863. The number of hydrogen-bond acceptors (Lipinski definition) is 2. The van der Waals surface area contributed by atoms with Gasteiger partial charge in [0.1, 0.15) is 0 Å². The summed E-state index contributed by atoms with van der Waals surface area (Å²) in [4.78, 5) is 14.0. The lowest BCUT2D eigenvalue weighted by atomic mass is 10.1. The van der Waals surface area contributed by atoms with Crippen LogP contribution < -0.4 is 5.73 Å². The van der Waals surface area contributed by atoms with Crippen molar-refractivity contribution in [2.45, 2.75) is 20.8 Å². The van der Waals surface area contributed by atoms with Crippen molar-refractivity contribution in [3.63, 3.8) is 0 Å². The first-order valence-electron chi connectivity index (χ1n) is 5.80. The highest BCUT2D eigenvalue weighted by molar-refractivity contribution is 6.34. The molecular formula is C13H20Cl2N2O. The lowest BCUT2D eigenvalue weighted by Gasteiger charge is -2.23. The van der Waals surface area contributed by atoms with Gasteiger partial charge in [-0.1, -0.05) is 25.4 Å². The van der Waals surface area contributed by atoms with Crippen LogP contribution in [0, 0.1) is 5.92 Å². The molecule has 5 heteroatoms. The summed E-state index contributed by atoms with van der Waals surface area (Å²) >= 11 is 6.03. The Hall–Kier alpha value is -0.930. The molecule has 0 aromatic heterocycles. The van der Waals surface area contributed by atoms with E-state index in [9.17, 15) is 4.79 Å². The summed E-state index contributed by atoms with van der Waals surface area (Å²) < 4.78 is 0. The maximum Gasteiger partial charge on any atom is 0.255 e. The Morgan fingerprint density at radius 3 is 2.50 bits per heavy atom. The smallest absolute Gasteiger partial charge is 0.255 e. The van der Waals surface area contributed by atoms with E-state index < -0.39 is 0 Å². The molecule has 18 heavy (non-hydrogen) atoms. The number of carbonyl (C=O) groups is 1. The van der Waals surface area contributed by atoms with Gasteiger partial charge in [0.2, 0.25) is 0 Å². The van der Waals surface area contributed by atoms with Crippen LogP contribution >= 0.6 is 24.0 Å². The average Bonchev–Trinajstić information content (AvgIpc) is 2.24. The summed E-state index contributed by atoms with van der Waals surface area (Å²) in [7, 11) is 0. The van der Waals surface area contributed by atoms with E-state index in [1.165, 1.54) is 0 Å². The highest BCUT2D eigenvalue weighted by Crippen LogP contribution is 2.21. The molecule has 0 unspecified atom stereocenters. The molecule has 102 valence electrons. The Morgan fingerprint density at radius 2 is 2.06 bits per heavy atom. The van der Waals surface area contributed by atoms with Crippen molar-refractivity contribution >= 4 is 35.6 Å². The Balaban J connectivity index is 0.00000289. The Morgan fingerprint density at radius 1 is 1.44 bits per heavy atom. The molecule has 0 bridgehead atoms. The number of anilines is 1. The standard InChI is InChI=1S/C13H19ClN2O.ClH/c1-4-16(8-9(2)3)13(17)11-6-5-10(15)7-12(11)14;/h5-7,9H,4,8,15H2,1-3H3;1H. The number of halogens is 2. The third-order valence-corrected chi connectivity index (χ3v) is 2.79. The number of rotatable bonds is 4. The molecule has 0 aliphatic carbocycles. The summed E-state index contributed by atoms with van der Waals surface area (Å²) in [6.45, 7) is 7.54. The molecule has 1 amide bonds. The van der Waals surface area contributed by atoms with E-state index in [-0.39, 0.29) is 18.3 Å². The van der Waals surface area contributed by atoms with E-state index in [0.717, 1.165) is 6.54 Å². The first kappa shape index (κ1) is 17.1. The van der Waals surface area contributed by atoms with Crippen LogP contribution in [-0.2, 0) is 0 Å². The van der Waals surface area contributed by atoms with Crippen molar-refractivity contribution in [2.24, 2.45) is 5.92 Å². The maximum absolute atomic E-state index is 12.2. The maximum atomic E-state index is 12.2. The first-order valence-corrected chi connectivity index (χ1v) is 6.17. The molecule has 2 N–H and O–H groups in total. The lowest BCUT2D eigenvalue weighted by Crippen LogP contribution is -2.34. The third kappa shape index (κ3) is 4.39. The zero-order valence-corrected chi connectivity index (χ0v) is 12.5. The van der Waals surface area contributed by atoms with E-state index in [1.54, 1.807) is 23.1 Å². The van der Waals surface area contributed by atoms with Gasteiger partial charge in [-0.3, -0.25) is 4.79 Å². The van der Waals surface area contributed by atoms with Gasteiger partial charge in [-0.2, -0.15) is 0 Å². The van der Waals surface area contributed by atoms with Crippen LogP contribution in [0.25, 0.3) is 0 Å². The molecule has 0 saturated heterocycles. The minimum atomic E-state index is -0.0359. The van der Waals surface area contributed by atoms with Crippen molar-refractivity contribution in [1.29, 1.82) is 0 Å². The van der Waals surface area contributed by atoms with Crippen molar-refractivity contribution in [3.8, 4) is 0 Å². The van der Waals surface area contributed by atoms with Crippen LogP contribution in [-0.4, -0.2) is 23.9 Å². The zero-order chi connectivity index (χ0) is 13.0. The van der Waals surface area contributed by atoms with E-state index in [2.05, 4.69) is 13.8 Å². The summed E-state index contributed by atoms with van der Waals surface area (Å²) in [5.74, 6) is 0.401. The summed E-state index contributed by atoms with van der Waals surface area (Å²) in [5.41, 5.74) is 6.69. The van der Waals surface area contributed by atoms with Gasteiger partial charge in [0.05, 0.1) is 10.6 Å². The molecular weight excluding hydrogens is 271 g/mol. The molecule has 1 aromatic rings.